The van der Waals surface area contributed by atoms with Crippen LogP contribution in [-0.4, -0.2) is 54.8 Å². The molecule has 0 fully saturated rings. The topological polar surface area (TPSA) is 113 Å². The number of carbonyl (C=O) groups excluding carboxylic acids is 3. The van der Waals surface area contributed by atoms with Crippen molar-refractivity contribution in [3.8, 4) is 11.5 Å². The molecule has 1 aromatic rings. The summed E-state index contributed by atoms with van der Waals surface area (Å²) in [6.07, 6.45) is 3.72. The predicted molar refractivity (Wildman–Crippen MR) is 119 cm³/mol. The minimum absolute atomic E-state index is 0.0265. The highest BCUT2D eigenvalue weighted by molar-refractivity contribution is 5.98. The van der Waals surface area contributed by atoms with E-state index in [9.17, 15) is 14.4 Å². The Bertz CT molecular complexity index is 767. The molecule has 32 heavy (non-hydrogen) atoms. The van der Waals surface area contributed by atoms with Crippen LogP contribution in [0.4, 0.5) is 0 Å². The zero-order valence-corrected chi connectivity index (χ0v) is 20.1. The van der Waals surface area contributed by atoms with Gasteiger partial charge in [0.05, 0.1) is 13.2 Å². The smallest absolute Gasteiger partial charge is 0.328 e. The Labute approximate surface area is 190 Å². The lowest BCUT2D eigenvalue weighted by Gasteiger charge is -2.28. The molecular weight excluding hydrogens is 416 g/mol. The molecule has 0 aliphatic heterocycles. The first kappa shape index (κ1) is 27.4. The van der Waals surface area contributed by atoms with Gasteiger partial charge in [-0.1, -0.05) is 33.6 Å². The van der Waals surface area contributed by atoms with E-state index in [2.05, 4.69) is 17.2 Å². The number of amides is 1. The lowest BCUT2D eigenvalue weighted by atomic mass is 10.0. The predicted octanol–water partition coefficient (Wildman–Crippen LogP) is 3.30. The minimum Gasteiger partial charge on any atom is -0.493 e. The van der Waals surface area contributed by atoms with Crippen LogP contribution < -0.4 is 14.8 Å². The van der Waals surface area contributed by atoms with Crippen molar-refractivity contribution in [1.82, 2.24) is 10.3 Å². The number of esters is 2. The fourth-order valence-corrected chi connectivity index (χ4v) is 3.05. The molecule has 0 aliphatic carbocycles. The number of unbranched alkanes of at least 4 members (excludes halogenated alkanes) is 2. The van der Waals surface area contributed by atoms with Gasteiger partial charge in [0, 0.05) is 25.8 Å². The Morgan fingerprint density at radius 3 is 2.38 bits per heavy atom. The van der Waals surface area contributed by atoms with Gasteiger partial charge in [-0.15, -0.1) is 0 Å². The summed E-state index contributed by atoms with van der Waals surface area (Å²) in [5, 5.41) is 2.54. The molecule has 180 valence electrons. The van der Waals surface area contributed by atoms with Gasteiger partial charge in [-0.25, -0.2) is 9.78 Å². The van der Waals surface area contributed by atoms with Crippen LogP contribution in [-0.2, 0) is 19.1 Å². The summed E-state index contributed by atoms with van der Waals surface area (Å²) in [6.45, 7) is 11.2. The molecule has 0 aromatic carbocycles. The van der Waals surface area contributed by atoms with Crippen molar-refractivity contribution in [2.75, 3.05) is 13.7 Å². The second-order valence-corrected chi connectivity index (χ2v) is 7.91. The summed E-state index contributed by atoms with van der Waals surface area (Å²) in [5.74, 6) is -1.85. The summed E-state index contributed by atoms with van der Waals surface area (Å²) >= 11 is 0. The third kappa shape index (κ3) is 8.45. The lowest BCUT2D eigenvalue weighted by Crippen LogP contribution is -2.44. The molecule has 3 atom stereocenters. The van der Waals surface area contributed by atoms with E-state index in [0.29, 0.717) is 6.61 Å². The molecule has 0 spiro atoms. The van der Waals surface area contributed by atoms with Crippen molar-refractivity contribution in [1.29, 1.82) is 0 Å². The van der Waals surface area contributed by atoms with E-state index in [4.69, 9.17) is 18.9 Å². The zero-order valence-electron chi connectivity index (χ0n) is 20.1. The van der Waals surface area contributed by atoms with Crippen LogP contribution in [0.15, 0.2) is 12.3 Å². The Morgan fingerprint density at radius 1 is 1.12 bits per heavy atom. The number of hydrogen-bond acceptors (Lipinski definition) is 8. The summed E-state index contributed by atoms with van der Waals surface area (Å²) in [7, 11) is 1.38. The van der Waals surface area contributed by atoms with Crippen LogP contribution in [0.1, 0.15) is 71.3 Å². The van der Waals surface area contributed by atoms with Crippen molar-refractivity contribution in [3.63, 3.8) is 0 Å². The number of methoxy groups -OCH3 is 1. The van der Waals surface area contributed by atoms with E-state index in [1.54, 1.807) is 0 Å². The van der Waals surface area contributed by atoms with Crippen LogP contribution in [0, 0.1) is 5.92 Å². The molecule has 0 radical (unpaired) electrons. The second-order valence-electron chi connectivity index (χ2n) is 7.91. The van der Waals surface area contributed by atoms with Crippen LogP contribution in [0.25, 0.3) is 0 Å². The largest absolute Gasteiger partial charge is 0.493 e. The van der Waals surface area contributed by atoms with Gasteiger partial charge in [0.15, 0.2) is 11.4 Å². The number of hydrogen-bond donors (Lipinski definition) is 1. The van der Waals surface area contributed by atoms with E-state index in [1.165, 1.54) is 33.2 Å². The van der Waals surface area contributed by atoms with Crippen LogP contribution in [0.3, 0.4) is 0 Å². The van der Waals surface area contributed by atoms with E-state index < -0.39 is 30.0 Å². The Kier molecular flexibility index (Phi) is 11.7. The SMILES string of the molecule is CCCCCO[C@@H](C)[C@H](OC(=O)[C@H](C)NC(=O)c1nccc(OC)c1OC(C)=O)C(C)C. The average Bonchev–Trinajstić information content (AvgIpc) is 2.73. The number of aromatic nitrogens is 1. The van der Waals surface area contributed by atoms with Crippen molar-refractivity contribution >= 4 is 17.8 Å². The molecular formula is C23H36N2O7. The highest BCUT2D eigenvalue weighted by atomic mass is 16.6. The molecule has 0 bridgehead atoms. The van der Waals surface area contributed by atoms with E-state index in [1.807, 2.05) is 20.8 Å². The van der Waals surface area contributed by atoms with E-state index in [0.717, 1.165) is 19.3 Å². The fraction of sp³-hybridized carbons (Fsp3) is 0.652. The van der Waals surface area contributed by atoms with Gasteiger partial charge in [-0.3, -0.25) is 9.59 Å². The van der Waals surface area contributed by atoms with E-state index in [-0.39, 0.29) is 29.2 Å². The maximum atomic E-state index is 12.7. The molecule has 0 saturated carbocycles. The van der Waals surface area contributed by atoms with Gasteiger partial charge in [-0.2, -0.15) is 0 Å². The summed E-state index contributed by atoms with van der Waals surface area (Å²) in [4.78, 5) is 40.8. The van der Waals surface area contributed by atoms with Crippen LogP contribution in [0.5, 0.6) is 11.5 Å². The first-order valence-electron chi connectivity index (χ1n) is 11.0. The lowest BCUT2D eigenvalue weighted by molar-refractivity contribution is -0.162. The first-order chi connectivity index (χ1) is 15.1. The number of pyridine rings is 1. The number of rotatable bonds is 13. The normalized spacial score (nSPS) is 13.8. The van der Waals surface area contributed by atoms with Gasteiger partial charge < -0.3 is 24.3 Å². The van der Waals surface area contributed by atoms with Crippen molar-refractivity contribution in [3.05, 3.63) is 18.0 Å². The number of ether oxygens (including phenoxy) is 4. The Morgan fingerprint density at radius 2 is 1.81 bits per heavy atom. The minimum atomic E-state index is -0.964. The van der Waals surface area contributed by atoms with Crippen molar-refractivity contribution in [2.45, 2.75) is 79.1 Å². The highest BCUT2D eigenvalue weighted by Crippen LogP contribution is 2.29. The molecule has 0 saturated heterocycles. The highest BCUT2D eigenvalue weighted by Gasteiger charge is 2.30. The Hall–Kier alpha value is -2.68. The standard InChI is InChI=1S/C23H36N2O7/c1-8-9-10-13-30-16(5)20(14(2)3)32-23(28)15(4)25-22(27)19-21(31-17(6)26)18(29-7)11-12-24-19/h11-12,14-16,20H,8-10,13H2,1-7H3,(H,25,27)/t15-,16-,20+/m0/s1. The average molecular weight is 453 g/mol. The molecule has 9 heteroatoms. The third-order valence-electron chi connectivity index (χ3n) is 4.75. The molecule has 1 rings (SSSR count). The monoisotopic (exact) mass is 452 g/mol. The second kappa shape index (κ2) is 13.7. The first-order valence-corrected chi connectivity index (χ1v) is 11.0. The summed E-state index contributed by atoms with van der Waals surface area (Å²) in [5.41, 5.74) is -0.174. The zero-order chi connectivity index (χ0) is 24.3. The van der Waals surface area contributed by atoms with Gasteiger partial charge in [-0.05, 0) is 26.2 Å². The van der Waals surface area contributed by atoms with Gasteiger partial charge in [0.1, 0.15) is 12.1 Å². The van der Waals surface area contributed by atoms with Gasteiger partial charge in [0.2, 0.25) is 5.75 Å². The molecule has 0 unspecified atom stereocenters. The molecule has 9 nitrogen and oxygen atoms in total. The molecule has 1 aromatic heterocycles. The summed E-state index contributed by atoms with van der Waals surface area (Å²) < 4.78 is 21.7. The fourth-order valence-electron chi connectivity index (χ4n) is 3.05. The molecule has 0 aliphatic rings. The van der Waals surface area contributed by atoms with Crippen LogP contribution in [0.2, 0.25) is 0 Å². The summed E-state index contributed by atoms with van der Waals surface area (Å²) in [6, 6.07) is 0.497. The third-order valence-corrected chi connectivity index (χ3v) is 4.75. The maximum Gasteiger partial charge on any atom is 0.328 e. The van der Waals surface area contributed by atoms with Crippen molar-refractivity contribution in [2.24, 2.45) is 5.92 Å². The molecule has 1 N–H and O–H groups in total. The molecule has 1 amide bonds. The number of nitrogens with one attached hydrogen (secondary N) is 1. The Balaban J connectivity index is 2.84. The van der Waals surface area contributed by atoms with Crippen molar-refractivity contribution < 1.29 is 33.3 Å². The quantitative estimate of drug-likeness (QED) is 0.358. The molecule has 1 heterocycles. The van der Waals surface area contributed by atoms with Gasteiger partial charge >= 0.3 is 11.9 Å². The number of carbonyl (C=O) groups is 3. The van der Waals surface area contributed by atoms with Crippen LogP contribution >= 0.6 is 0 Å². The van der Waals surface area contributed by atoms with Gasteiger partial charge in [0.25, 0.3) is 5.91 Å². The van der Waals surface area contributed by atoms with E-state index >= 15 is 0 Å². The number of nitrogens with zero attached hydrogens (tertiary/aromatic N) is 1. The maximum absolute atomic E-state index is 12.7.